The summed E-state index contributed by atoms with van der Waals surface area (Å²) in [6.45, 7) is 7.86. The fourth-order valence-corrected chi connectivity index (χ4v) is 2.25. The normalized spacial score (nSPS) is 11.4. The van der Waals surface area contributed by atoms with Gasteiger partial charge >= 0.3 is 0 Å². The highest BCUT2D eigenvalue weighted by atomic mass is 35.5. The summed E-state index contributed by atoms with van der Waals surface area (Å²) in [6.07, 6.45) is 1.21. The van der Waals surface area contributed by atoms with Crippen molar-refractivity contribution in [3.63, 3.8) is 0 Å². The Hall–Kier alpha value is -1.75. The predicted molar refractivity (Wildman–Crippen MR) is 97.0 cm³/mol. The van der Waals surface area contributed by atoms with Crippen LogP contribution in [0.3, 0.4) is 0 Å². The summed E-state index contributed by atoms with van der Waals surface area (Å²) in [5.74, 6) is 0.743. The van der Waals surface area contributed by atoms with Crippen molar-refractivity contribution >= 4 is 23.5 Å². The molecule has 0 aliphatic rings. The van der Waals surface area contributed by atoms with Crippen LogP contribution in [-0.4, -0.2) is 37.5 Å². The van der Waals surface area contributed by atoms with Crippen molar-refractivity contribution in [1.82, 2.24) is 16.0 Å². The molecule has 0 bridgehead atoms. The summed E-state index contributed by atoms with van der Waals surface area (Å²) in [5, 5.41) is 10.1. The van der Waals surface area contributed by atoms with Gasteiger partial charge in [-0.25, -0.2) is 0 Å². The number of rotatable bonds is 8. The number of nitrogens with one attached hydrogen (secondary N) is 3. The molecule has 23 heavy (non-hydrogen) atoms. The zero-order valence-electron chi connectivity index (χ0n) is 14.2. The molecule has 0 aromatic heterocycles. The summed E-state index contributed by atoms with van der Waals surface area (Å²) in [4.78, 5) is 16.0. The van der Waals surface area contributed by atoms with Crippen LogP contribution < -0.4 is 16.0 Å². The predicted octanol–water partition coefficient (Wildman–Crippen LogP) is 2.35. The van der Waals surface area contributed by atoms with Crippen molar-refractivity contribution in [1.29, 1.82) is 0 Å². The van der Waals surface area contributed by atoms with E-state index in [0.29, 0.717) is 13.0 Å². The highest BCUT2D eigenvalue weighted by Gasteiger charge is 2.04. The number of guanidine groups is 1. The minimum atomic E-state index is 0.0238. The van der Waals surface area contributed by atoms with Gasteiger partial charge < -0.3 is 16.0 Å². The molecule has 1 aromatic carbocycles. The van der Waals surface area contributed by atoms with Crippen molar-refractivity contribution in [2.45, 2.75) is 39.7 Å². The van der Waals surface area contributed by atoms with Gasteiger partial charge in [-0.05, 0) is 38.8 Å². The van der Waals surface area contributed by atoms with Gasteiger partial charge in [0.1, 0.15) is 0 Å². The molecule has 0 saturated carbocycles. The van der Waals surface area contributed by atoms with Crippen molar-refractivity contribution in [3.8, 4) is 0 Å². The first-order valence-electron chi connectivity index (χ1n) is 8.07. The summed E-state index contributed by atoms with van der Waals surface area (Å²) in [6, 6.07) is 7.97. The summed E-state index contributed by atoms with van der Waals surface area (Å²) < 4.78 is 0. The molecule has 0 radical (unpaired) electrons. The van der Waals surface area contributed by atoms with Gasteiger partial charge in [-0.3, -0.25) is 9.79 Å². The van der Waals surface area contributed by atoms with Crippen LogP contribution in [0.2, 0.25) is 5.02 Å². The largest absolute Gasteiger partial charge is 0.357 e. The fraction of sp³-hybridized carbons (Fsp3) is 0.529. The molecule has 0 spiro atoms. The van der Waals surface area contributed by atoms with Crippen molar-refractivity contribution in [3.05, 3.63) is 34.9 Å². The maximum atomic E-state index is 11.6. The second-order valence-electron chi connectivity index (χ2n) is 5.50. The number of hydrogen-bond acceptors (Lipinski definition) is 2. The molecule has 6 heteroatoms. The molecule has 1 rings (SSSR count). The Kier molecular flexibility index (Phi) is 9.14. The van der Waals surface area contributed by atoms with Crippen molar-refractivity contribution in [2.24, 2.45) is 4.99 Å². The van der Waals surface area contributed by atoms with Crippen LogP contribution in [0.5, 0.6) is 0 Å². The van der Waals surface area contributed by atoms with Gasteiger partial charge in [-0.2, -0.15) is 0 Å². The van der Waals surface area contributed by atoms with E-state index in [0.717, 1.165) is 36.1 Å². The molecular formula is C17H27ClN4O. The number of aliphatic imine (C=N–C) groups is 1. The Balaban J connectivity index is 2.40. The molecule has 0 unspecified atom stereocenters. The second-order valence-corrected chi connectivity index (χ2v) is 5.91. The third kappa shape index (κ3) is 8.45. The van der Waals surface area contributed by atoms with E-state index in [-0.39, 0.29) is 11.9 Å². The van der Waals surface area contributed by atoms with E-state index in [4.69, 9.17) is 11.6 Å². The lowest BCUT2D eigenvalue weighted by atomic mass is 10.1. The van der Waals surface area contributed by atoms with Gasteiger partial charge in [0.05, 0.1) is 6.54 Å². The van der Waals surface area contributed by atoms with Crippen LogP contribution >= 0.6 is 11.6 Å². The van der Waals surface area contributed by atoms with Crippen LogP contribution in [-0.2, 0) is 11.2 Å². The quantitative estimate of drug-likeness (QED) is 0.503. The maximum Gasteiger partial charge on any atom is 0.222 e. The maximum absolute atomic E-state index is 11.6. The van der Waals surface area contributed by atoms with Crippen LogP contribution in [0.4, 0.5) is 0 Å². The molecule has 0 heterocycles. The molecular weight excluding hydrogens is 312 g/mol. The first-order valence-corrected chi connectivity index (χ1v) is 8.45. The van der Waals surface area contributed by atoms with E-state index in [1.54, 1.807) is 0 Å². The van der Waals surface area contributed by atoms with Gasteiger partial charge in [-0.15, -0.1) is 0 Å². The van der Waals surface area contributed by atoms with E-state index >= 15 is 0 Å². The van der Waals surface area contributed by atoms with E-state index in [9.17, 15) is 4.79 Å². The zero-order chi connectivity index (χ0) is 17.1. The number of carbonyl (C=O) groups excluding carboxylic acids is 1. The van der Waals surface area contributed by atoms with Gasteiger partial charge in [0.15, 0.2) is 5.96 Å². The number of halogens is 1. The first kappa shape index (κ1) is 19.3. The van der Waals surface area contributed by atoms with E-state index in [1.165, 1.54) is 0 Å². The van der Waals surface area contributed by atoms with Crippen LogP contribution in [0.15, 0.2) is 29.3 Å². The summed E-state index contributed by atoms with van der Waals surface area (Å²) >= 11 is 6.14. The lowest BCUT2D eigenvalue weighted by Crippen LogP contribution is -2.38. The van der Waals surface area contributed by atoms with Crippen molar-refractivity contribution in [2.75, 3.05) is 19.6 Å². The average Bonchev–Trinajstić information content (AvgIpc) is 2.48. The topological polar surface area (TPSA) is 65.5 Å². The van der Waals surface area contributed by atoms with Gasteiger partial charge in [-0.1, -0.05) is 29.8 Å². The molecule has 0 aliphatic carbocycles. The second kappa shape index (κ2) is 10.9. The van der Waals surface area contributed by atoms with E-state index in [2.05, 4.69) is 20.9 Å². The van der Waals surface area contributed by atoms with E-state index < -0.39 is 0 Å². The molecule has 128 valence electrons. The number of hydrogen-bond donors (Lipinski definition) is 3. The third-order valence-electron chi connectivity index (χ3n) is 3.05. The minimum Gasteiger partial charge on any atom is -0.357 e. The smallest absolute Gasteiger partial charge is 0.222 e. The Morgan fingerprint density at radius 1 is 1.26 bits per heavy atom. The van der Waals surface area contributed by atoms with Gasteiger partial charge in [0.2, 0.25) is 5.91 Å². The third-order valence-corrected chi connectivity index (χ3v) is 3.42. The highest BCUT2D eigenvalue weighted by molar-refractivity contribution is 6.31. The Labute approximate surface area is 143 Å². The molecule has 5 nitrogen and oxygen atoms in total. The Morgan fingerprint density at radius 3 is 2.65 bits per heavy atom. The van der Waals surface area contributed by atoms with Gasteiger partial charge in [0.25, 0.3) is 0 Å². The number of benzene rings is 1. The molecule has 0 aliphatic heterocycles. The lowest BCUT2D eigenvalue weighted by molar-refractivity contribution is -0.121. The average molecular weight is 339 g/mol. The summed E-state index contributed by atoms with van der Waals surface area (Å²) in [5.41, 5.74) is 1.11. The Bertz CT molecular complexity index is 517. The number of nitrogens with zero attached hydrogens (tertiary/aromatic N) is 1. The SMILES string of the molecule is CCNC(=NCCC(=O)NC(C)C)NCCc1ccccc1Cl. The standard InChI is InChI=1S/C17H27ClN4O/c1-4-19-17(21-12-10-16(23)22-13(2)3)20-11-9-14-7-5-6-8-15(14)18/h5-8,13H,4,9-12H2,1-3H3,(H,22,23)(H2,19,20,21). The number of carbonyl (C=O) groups is 1. The molecule has 0 saturated heterocycles. The lowest BCUT2D eigenvalue weighted by Gasteiger charge is -2.12. The zero-order valence-corrected chi connectivity index (χ0v) is 14.9. The molecule has 0 atom stereocenters. The monoisotopic (exact) mass is 338 g/mol. The van der Waals surface area contributed by atoms with Crippen LogP contribution in [0.1, 0.15) is 32.8 Å². The van der Waals surface area contributed by atoms with Crippen LogP contribution in [0, 0.1) is 0 Å². The molecule has 3 N–H and O–H groups in total. The van der Waals surface area contributed by atoms with Gasteiger partial charge in [0, 0.05) is 30.6 Å². The fourth-order valence-electron chi connectivity index (χ4n) is 2.02. The Morgan fingerprint density at radius 2 is 2.00 bits per heavy atom. The molecule has 1 amide bonds. The first-order chi connectivity index (χ1) is 11.0. The van der Waals surface area contributed by atoms with Crippen LogP contribution in [0.25, 0.3) is 0 Å². The minimum absolute atomic E-state index is 0.0238. The summed E-state index contributed by atoms with van der Waals surface area (Å²) in [7, 11) is 0. The van der Waals surface area contributed by atoms with Crippen molar-refractivity contribution < 1.29 is 4.79 Å². The van der Waals surface area contributed by atoms with E-state index in [1.807, 2.05) is 45.0 Å². The number of amides is 1. The molecule has 0 fully saturated rings. The molecule has 1 aromatic rings. The highest BCUT2D eigenvalue weighted by Crippen LogP contribution is 2.14.